The minimum absolute atomic E-state index is 0.00756. The predicted molar refractivity (Wildman–Crippen MR) is 80.4 cm³/mol. The van der Waals surface area contributed by atoms with Gasteiger partial charge in [0.15, 0.2) is 5.82 Å². The van der Waals surface area contributed by atoms with Gasteiger partial charge < -0.3 is 15.3 Å². The van der Waals surface area contributed by atoms with Crippen LogP contribution in [0.25, 0.3) is 5.69 Å². The van der Waals surface area contributed by atoms with Crippen LogP contribution in [0.15, 0.2) is 36.7 Å². The fraction of sp³-hybridized carbons (Fsp3) is 0.400. The van der Waals surface area contributed by atoms with Crippen molar-refractivity contribution in [2.75, 3.05) is 13.2 Å². The highest BCUT2D eigenvalue weighted by molar-refractivity contribution is 5.74. The smallest absolute Gasteiger partial charge is 0.318 e. The molecule has 1 unspecified atom stereocenters. The average molecular weight is 301 g/mol. The van der Waals surface area contributed by atoms with Gasteiger partial charge in [0.2, 0.25) is 0 Å². The van der Waals surface area contributed by atoms with Gasteiger partial charge in [-0.3, -0.25) is 4.57 Å². The number of carbonyl (C=O) groups is 1. The second-order valence-corrected chi connectivity index (χ2v) is 5.28. The highest BCUT2D eigenvalue weighted by Crippen LogP contribution is 2.16. The Balaban J connectivity index is 1.65. The van der Waals surface area contributed by atoms with Crippen molar-refractivity contribution in [2.24, 2.45) is 0 Å². The molecule has 1 aliphatic rings. The lowest BCUT2D eigenvalue weighted by molar-refractivity contribution is 0.156. The summed E-state index contributed by atoms with van der Waals surface area (Å²) in [6.45, 7) is 0.985. The molecule has 116 valence electrons. The molecule has 1 aromatic carbocycles. The molecule has 7 heteroatoms. The number of nitrogens with one attached hydrogen (secondary N) is 1. The standard InChI is InChI=1S/C15H19N5O2/c21-10-13-7-4-8-19(13)15(22)16-9-14-18-17-11-20(14)12-5-2-1-3-6-12/h1-3,5-6,11,13,21H,4,7-10H2,(H,16,22). The van der Waals surface area contributed by atoms with E-state index < -0.39 is 0 Å². The predicted octanol–water partition coefficient (Wildman–Crippen LogP) is 0.934. The number of rotatable bonds is 4. The van der Waals surface area contributed by atoms with Crippen molar-refractivity contribution in [2.45, 2.75) is 25.4 Å². The lowest BCUT2D eigenvalue weighted by atomic mass is 10.2. The maximum absolute atomic E-state index is 12.2. The first-order valence-corrected chi connectivity index (χ1v) is 7.39. The summed E-state index contributed by atoms with van der Waals surface area (Å²) >= 11 is 0. The Morgan fingerprint density at radius 3 is 2.95 bits per heavy atom. The van der Waals surface area contributed by atoms with Crippen LogP contribution in [0.2, 0.25) is 0 Å². The maximum atomic E-state index is 12.2. The van der Waals surface area contributed by atoms with Crippen LogP contribution >= 0.6 is 0 Å². The third-order valence-electron chi connectivity index (χ3n) is 3.90. The summed E-state index contributed by atoms with van der Waals surface area (Å²) in [5.41, 5.74) is 0.950. The molecule has 2 heterocycles. The lowest BCUT2D eigenvalue weighted by Gasteiger charge is -2.23. The summed E-state index contributed by atoms with van der Waals surface area (Å²) in [5.74, 6) is 0.666. The quantitative estimate of drug-likeness (QED) is 0.880. The van der Waals surface area contributed by atoms with Crippen LogP contribution in [0.5, 0.6) is 0 Å². The molecule has 1 saturated heterocycles. The molecule has 0 radical (unpaired) electrons. The van der Waals surface area contributed by atoms with Gasteiger partial charge >= 0.3 is 6.03 Å². The van der Waals surface area contributed by atoms with Gasteiger partial charge in [0.1, 0.15) is 6.33 Å². The number of carbonyl (C=O) groups excluding carboxylic acids is 1. The molecule has 0 spiro atoms. The fourth-order valence-corrected chi connectivity index (χ4v) is 2.73. The lowest BCUT2D eigenvalue weighted by Crippen LogP contribution is -2.44. The molecular formula is C15H19N5O2. The van der Waals surface area contributed by atoms with Crippen molar-refractivity contribution in [1.82, 2.24) is 25.0 Å². The Bertz CT molecular complexity index is 628. The largest absolute Gasteiger partial charge is 0.394 e. The molecular weight excluding hydrogens is 282 g/mol. The van der Waals surface area contributed by atoms with E-state index in [1.165, 1.54) is 0 Å². The van der Waals surface area contributed by atoms with Gasteiger partial charge in [-0.05, 0) is 25.0 Å². The third kappa shape index (κ3) is 2.94. The van der Waals surface area contributed by atoms with Crippen molar-refractivity contribution in [3.63, 3.8) is 0 Å². The number of likely N-dealkylation sites (tertiary alicyclic amines) is 1. The molecule has 0 bridgehead atoms. The van der Waals surface area contributed by atoms with Crippen LogP contribution in [0, 0.1) is 0 Å². The van der Waals surface area contributed by atoms with E-state index in [0.717, 1.165) is 18.5 Å². The van der Waals surface area contributed by atoms with Crippen molar-refractivity contribution in [3.05, 3.63) is 42.5 Å². The van der Waals surface area contributed by atoms with Crippen molar-refractivity contribution < 1.29 is 9.90 Å². The molecule has 1 fully saturated rings. The Kier molecular flexibility index (Phi) is 4.34. The van der Waals surface area contributed by atoms with E-state index >= 15 is 0 Å². The molecule has 0 saturated carbocycles. The van der Waals surface area contributed by atoms with Crippen molar-refractivity contribution in [3.8, 4) is 5.69 Å². The number of amides is 2. The highest BCUT2D eigenvalue weighted by Gasteiger charge is 2.27. The minimum Gasteiger partial charge on any atom is -0.394 e. The van der Waals surface area contributed by atoms with E-state index in [9.17, 15) is 9.90 Å². The topological polar surface area (TPSA) is 83.3 Å². The first-order chi connectivity index (χ1) is 10.8. The molecule has 2 N–H and O–H groups in total. The van der Waals surface area contributed by atoms with Crippen molar-refractivity contribution in [1.29, 1.82) is 0 Å². The zero-order valence-electron chi connectivity index (χ0n) is 12.2. The number of nitrogens with zero attached hydrogens (tertiary/aromatic N) is 4. The normalized spacial score (nSPS) is 17.7. The molecule has 2 amide bonds. The molecule has 0 aliphatic carbocycles. The first kappa shape index (κ1) is 14.5. The van der Waals surface area contributed by atoms with E-state index in [-0.39, 0.29) is 18.7 Å². The fourth-order valence-electron chi connectivity index (χ4n) is 2.73. The first-order valence-electron chi connectivity index (χ1n) is 7.39. The second kappa shape index (κ2) is 6.57. The highest BCUT2D eigenvalue weighted by atomic mass is 16.3. The maximum Gasteiger partial charge on any atom is 0.318 e. The van der Waals surface area contributed by atoms with Crippen LogP contribution in [-0.4, -0.2) is 50.0 Å². The summed E-state index contributed by atoms with van der Waals surface area (Å²) in [4.78, 5) is 13.9. The van der Waals surface area contributed by atoms with E-state index in [1.807, 2.05) is 34.9 Å². The number of benzene rings is 1. The summed E-state index contributed by atoms with van der Waals surface area (Å²) in [7, 11) is 0. The molecule has 2 aromatic rings. The van der Waals surface area contributed by atoms with Crippen LogP contribution in [0.1, 0.15) is 18.7 Å². The molecule has 1 aliphatic heterocycles. The van der Waals surface area contributed by atoms with Gasteiger partial charge in [-0.2, -0.15) is 0 Å². The van der Waals surface area contributed by atoms with Gasteiger partial charge in [0.05, 0.1) is 19.2 Å². The Morgan fingerprint density at radius 1 is 1.36 bits per heavy atom. The Labute approximate surface area is 128 Å². The molecule has 7 nitrogen and oxygen atoms in total. The summed E-state index contributed by atoms with van der Waals surface area (Å²) in [6, 6.07) is 9.49. The van der Waals surface area contributed by atoms with Gasteiger partial charge in [-0.15, -0.1) is 10.2 Å². The number of para-hydroxylation sites is 1. The van der Waals surface area contributed by atoms with E-state index in [4.69, 9.17) is 0 Å². The van der Waals surface area contributed by atoms with Crippen LogP contribution in [0.4, 0.5) is 4.79 Å². The second-order valence-electron chi connectivity index (χ2n) is 5.28. The monoisotopic (exact) mass is 301 g/mol. The number of aliphatic hydroxyl groups is 1. The van der Waals surface area contributed by atoms with E-state index in [2.05, 4.69) is 15.5 Å². The Morgan fingerprint density at radius 2 is 2.18 bits per heavy atom. The average Bonchev–Trinajstić information content (AvgIpc) is 3.22. The molecule has 1 atom stereocenters. The Hall–Kier alpha value is -2.41. The molecule has 22 heavy (non-hydrogen) atoms. The number of aromatic nitrogens is 3. The van der Waals surface area contributed by atoms with E-state index in [1.54, 1.807) is 11.2 Å². The molecule has 1 aromatic heterocycles. The summed E-state index contributed by atoms with van der Waals surface area (Å²) < 4.78 is 1.84. The number of hydrogen-bond donors (Lipinski definition) is 2. The van der Waals surface area contributed by atoms with Gasteiger partial charge in [-0.25, -0.2) is 4.79 Å². The zero-order chi connectivity index (χ0) is 15.4. The third-order valence-corrected chi connectivity index (χ3v) is 3.90. The number of hydrogen-bond acceptors (Lipinski definition) is 4. The van der Waals surface area contributed by atoms with Gasteiger partial charge in [-0.1, -0.05) is 18.2 Å². The van der Waals surface area contributed by atoms with Crippen molar-refractivity contribution >= 4 is 6.03 Å². The van der Waals surface area contributed by atoms with Crippen LogP contribution < -0.4 is 5.32 Å². The van der Waals surface area contributed by atoms with Gasteiger partial charge in [0.25, 0.3) is 0 Å². The minimum atomic E-state index is -0.167. The van der Waals surface area contributed by atoms with E-state index in [0.29, 0.717) is 18.9 Å². The van der Waals surface area contributed by atoms with Gasteiger partial charge in [0, 0.05) is 12.2 Å². The zero-order valence-corrected chi connectivity index (χ0v) is 12.2. The van der Waals surface area contributed by atoms with Crippen LogP contribution in [0.3, 0.4) is 0 Å². The van der Waals surface area contributed by atoms with Crippen LogP contribution in [-0.2, 0) is 6.54 Å². The molecule has 3 rings (SSSR count). The summed E-state index contributed by atoms with van der Waals surface area (Å²) in [6.07, 6.45) is 3.41. The SMILES string of the molecule is O=C(NCc1nncn1-c1ccccc1)N1CCCC1CO. The summed E-state index contributed by atoms with van der Waals surface area (Å²) in [5, 5.41) is 20.1. The number of urea groups is 1. The number of aliphatic hydroxyl groups excluding tert-OH is 1.